The Hall–Kier alpha value is -2.52. The predicted molar refractivity (Wildman–Crippen MR) is 105 cm³/mol. The predicted octanol–water partition coefficient (Wildman–Crippen LogP) is 2.54. The first-order chi connectivity index (χ1) is 13.4. The van der Waals surface area contributed by atoms with Gasteiger partial charge in [0.05, 0.1) is 5.75 Å². The summed E-state index contributed by atoms with van der Waals surface area (Å²) in [7, 11) is -1.42. The first kappa shape index (κ1) is 18.8. The van der Waals surface area contributed by atoms with Crippen molar-refractivity contribution in [3.63, 3.8) is 0 Å². The van der Waals surface area contributed by atoms with Gasteiger partial charge in [-0.25, -0.2) is 8.42 Å². The molecule has 9 heteroatoms. The highest BCUT2D eigenvalue weighted by Gasteiger charge is 2.32. The molecule has 0 unspecified atom stereocenters. The van der Waals surface area contributed by atoms with Crippen LogP contribution in [0.1, 0.15) is 30.2 Å². The number of sulfonamides is 1. The lowest BCUT2D eigenvalue weighted by Gasteiger charge is -2.26. The van der Waals surface area contributed by atoms with Gasteiger partial charge in [-0.2, -0.15) is 9.40 Å². The summed E-state index contributed by atoms with van der Waals surface area (Å²) in [5, 5.41) is 12.9. The quantitative estimate of drug-likeness (QED) is 0.652. The largest absolute Gasteiger partial charge is 0.415 e. The first-order valence-corrected chi connectivity index (χ1v) is 10.9. The van der Waals surface area contributed by atoms with E-state index in [2.05, 4.69) is 15.3 Å². The van der Waals surface area contributed by atoms with Crippen LogP contribution in [-0.2, 0) is 30.0 Å². The maximum absolute atomic E-state index is 12.5. The molecule has 1 aromatic carbocycles. The maximum atomic E-state index is 12.5. The van der Waals surface area contributed by atoms with E-state index in [0.29, 0.717) is 36.9 Å². The Labute approximate surface area is 164 Å². The van der Waals surface area contributed by atoms with Gasteiger partial charge in [0, 0.05) is 43.4 Å². The second-order valence-electron chi connectivity index (χ2n) is 7.08. The Morgan fingerprint density at radius 3 is 2.57 bits per heavy atom. The van der Waals surface area contributed by atoms with Crippen LogP contribution in [0.4, 0.5) is 0 Å². The number of hydrogen-bond donors (Lipinski definition) is 0. The SMILES string of the molecule is CCCS(=O)(=O)N1CCc2c(c(-c3nnc(-c4ccc(C)cc4)o3)nn2C)C1. The van der Waals surface area contributed by atoms with E-state index in [1.807, 2.05) is 45.2 Å². The monoisotopic (exact) mass is 401 g/mol. The molecule has 2 aromatic heterocycles. The number of benzene rings is 1. The van der Waals surface area contributed by atoms with Crippen LogP contribution in [0, 0.1) is 6.92 Å². The Morgan fingerprint density at radius 1 is 1.14 bits per heavy atom. The van der Waals surface area contributed by atoms with Crippen molar-refractivity contribution < 1.29 is 12.8 Å². The van der Waals surface area contributed by atoms with E-state index in [4.69, 9.17) is 4.42 Å². The van der Waals surface area contributed by atoms with Crippen LogP contribution in [0.15, 0.2) is 28.7 Å². The summed E-state index contributed by atoms with van der Waals surface area (Å²) >= 11 is 0. The molecule has 0 spiro atoms. The number of fused-ring (bicyclic) bond motifs is 1. The van der Waals surface area contributed by atoms with E-state index < -0.39 is 10.0 Å². The van der Waals surface area contributed by atoms with E-state index in [0.717, 1.165) is 22.4 Å². The first-order valence-electron chi connectivity index (χ1n) is 9.32. The van der Waals surface area contributed by atoms with Crippen molar-refractivity contribution in [2.24, 2.45) is 7.05 Å². The van der Waals surface area contributed by atoms with Crippen LogP contribution < -0.4 is 0 Å². The Balaban J connectivity index is 1.69. The minimum atomic E-state index is -3.28. The minimum absolute atomic E-state index is 0.149. The molecule has 148 valence electrons. The minimum Gasteiger partial charge on any atom is -0.415 e. The average molecular weight is 401 g/mol. The fourth-order valence-electron chi connectivity index (χ4n) is 3.50. The maximum Gasteiger partial charge on any atom is 0.268 e. The van der Waals surface area contributed by atoms with Gasteiger partial charge >= 0.3 is 0 Å². The van der Waals surface area contributed by atoms with Gasteiger partial charge in [-0.3, -0.25) is 4.68 Å². The molecule has 0 radical (unpaired) electrons. The standard InChI is InChI=1S/C19H23N5O3S/c1-4-11-28(25,26)24-10-9-16-15(12-24)17(22-23(16)3)19-21-20-18(27-19)14-7-5-13(2)6-8-14/h5-8H,4,9-12H2,1-3H3. The number of aryl methyl sites for hydroxylation is 2. The molecule has 4 rings (SSSR count). The highest BCUT2D eigenvalue weighted by atomic mass is 32.2. The zero-order valence-electron chi connectivity index (χ0n) is 16.2. The molecule has 1 aliphatic rings. The third-order valence-electron chi connectivity index (χ3n) is 4.99. The number of hydrogen-bond acceptors (Lipinski definition) is 6. The molecular weight excluding hydrogens is 378 g/mol. The summed E-state index contributed by atoms with van der Waals surface area (Å²) in [6.07, 6.45) is 1.20. The smallest absolute Gasteiger partial charge is 0.268 e. The molecule has 0 aliphatic carbocycles. The lowest BCUT2D eigenvalue weighted by atomic mass is 10.1. The van der Waals surface area contributed by atoms with Crippen molar-refractivity contribution >= 4 is 10.0 Å². The van der Waals surface area contributed by atoms with Gasteiger partial charge in [0.2, 0.25) is 15.9 Å². The lowest BCUT2D eigenvalue weighted by Crippen LogP contribution is -2.37. The van der Waals surface area contributed by atoms with Crippen LogP contribution in [0.2, 0.25) is 0 Å². The number of aromatic nitrogens is 4. The molecule has 8 nitrogen and oxygen atoms in total. The summed E-state index contributed by atoms with van der Waals surface area (Å²) in [6.45, 7) is 4.63. The van der Waals surface area contributed by atoms with Crippen molar-refractivity contribution in [1.82, 2.24) is 24.3 Å². The third kappa shape index (κ3) is 3.35. The van der Waals surface area contributed by atoms with Crippen LogP contribution >= 0.6 is 0 Å². The zero-order valence-corrected chi connectivity index (χ0v) is 17.0. The Morgan fingerprint density at radius 2 is 1.86 bits per heavy atom. The number of rotatable bonds is 5. The van der Waals surface area contributed by atoms with E-state index in [-0.39, 0.29) is 12.3 Å². The fraction of sp³-hybridized carbons (Fsp3) is 0.421. The summed E-state index contributed by atoms with van der Waals surface area (Å²) in [5.74, 6) is 0.874. The van der Waals surface area contributed by atoms with Crippen LogP contribution in [-0.4, -0.2) is 45.0 Å². The van der Waals surface area contributed by atoms with E-state index in [9.17, 15) is 8.42 Å². The number of nitrogens with zero attached hydrogens (tertiary/aromatic N) is 5. The van der Waals surface area contributed by atoms with Crippen LogP contribution in [0.5, 0.6) is 0 Å². The highest BCUT2D eigenvalue weighted by molar-refractivity contribution is 7.89. The fourth-order valence-corrected chi connectivity index (χ4v) is 4.96. The average Bonchev–Trinajstić information content (AvgIpc) is 3.27. The van der Waals surface area contributed by atoms with Crippen molar-refractivity contribution in [2.75, 3.05) is 12.3 Å². The summed E-state index contributed by atoms with van der Waals surface area (Å²) < 4.78 is 34.2. The molecule has 0 fully saturated rings. The van der Waals surface area contributed by atoms with Crippen LogP contribution in [0.3, 0.4) is 0 Å². The molecular formula is C19H23N5O3S. The van der Waals surface area contributed by atoms with Gasteiger partial charge in [0.15, 0.2) is 5.69 Å². The van der Waals surface area contributed by atoms with Crippen molar-refractivity contribution in [3.05, 3.63) is 41.1 Å². The summed E-state index contributed by atoms with van der Waals surface area (Å²) in [5.41, 5.74) is 4.39. The van der Waals surface area contributed by atoms with E-state index >= 15 is 0 Å². The molecule has 28 heavy (non-hydrogen) atoms. The molecule has 0 amide bonds. The second kappa shape index (κ2) is 7.14. The van der Waals surface area contributed by atoms with Gasteiger partial charge in [-0.1, -0.05) is 24.6 Å². The molecule has 0 N–H and O–H groups in total. The Bertz CT molecular complexity index is 1100. The normalized spacial score (nSPS) is 15.0. The van der Waals surface area contributed by atoms with Crippen molar-refractivity contribution in [2.45, 2.75) is 33.2 Å². The van der Waals surface area contributed by atoms with Crippen molar-refractivity contribution in [3.8, 4) is 23.0 Å². The topological polar surface area (TPSA) is 94.1 Å². The molecule has 3 heterocycles. The van der Waals surface area contributed by atoms with Crippen molar-refractivity contribution in [1.29, 1.82) is 0 Å². The molecule has 3 aromatic rings. The Kier molecular flexibility index (Phi) is 4.80. The second-order valence-corrected chi connectivity index (χ2v) is 9.16. The van der Waals surface area contributed by atoms with Gasteiger partial charge in [-0.15, -0.1) is 10.2 Å². The van der Waals surface area contributed by atoms with Gasteiger partial charge < -0.3 is 4.42 Å². The molecule has 0 atom stereocenters. The molecule has 0 saturated carbocycles. The summed E-state index contributed by atoms with van der Waals surface area (Å²) in [4.78, 5) is 0. The van der Waals surface area contributed by atoms with Gasteiger partial charge in [0.1, 0.15) is 0 Å². The van der Waals surface area contributed by atoms with Gasteiger partial charge in [-0.05, 0) is 25.5 Å². The molecule has 1 aliphatic heterocycles. The summed E-state index contributed by atoms with van der Waals surface area (Å²) in [6, 6.07) is 7.83. The molecule has 0 saturated heterocycles. The van der Waals surface area contributed by atoms with Crippen LogP contribution in [0.25, 0.3) is 23.0 Å². The lowest BCUT2D eigenvalue weighted by molar-refractivity contribution is 0.385. The van der Waals surface area contributed by atoms with E-state index in [1.165, 1.54) is 4.31 Å². The highest BCUT2D eigenvalue weighted by Crippen LogP contribution is 2.31. The third-order valence-corrected chi connectivity index (χ3v) is 7.01. The molecule has 0 bridgehead atoms. The van der Waals surface area contributed by atoms with E-state index in [1.54, 1.807) is 4.68 Å². The van der Waals surface area contributed by atoms with Gasteiger partial charge in [0.25, 0.3) is 5.89 Å². The zero-order chi connectivity index (χ0) is 19.9.